The molecule has 2 atom stereocenters. The summed E-state index contributed by atoms with van der Waals surface area (Å²) < 4.78 is 14.5. The van der Waals surface area contributed by atoms with Crippen LogP contribution in [0.15, 0.2) is 0 Å². The molecule has 0 saturated carbocycles. The van der Waals surface area contributed by atoms with Crippen LogP contribution < -0.4 is 5.32 Å². The molecule has 0 aliphatic carbocycles. The first-order chi connectivity index (χ1) is 10.5. The summed E-state index contributed by atoms with van der Waals surface area (Å²) in [7, 11) is 1.26. The Morgan fingerprint density at radius 3 is 2.59 bits per heavy atom. The fourth-order valence-electron chi connectivity index (χ4n) is 1.39. The summed E-state index contributed by atoms with van der Waals surface area (Å²) in [5, 5.41) is 9.18. The summed E-state index contributed by atoms with van der Waals surface area (Å²) >= 11 is 0. The van der Waals surface area contributed by atoms with Crippen molar-refractivity contribution in [1.29, 1.82) is 5.41 Å². The van der Waals surface area contributed by atoms with Crippen molar-refractivity contribution in [2.45, 2.75) is 31.9 Å². The molecule has 0 unspecified atom stereocenters. The Kier molecular flexibility index (Phi) is 10.3. The van der Waals surface area contributed by atoms with Gasteiger partial charge >= 0.3 is 5.97 Å². The molecular formula is C14H20N2O6. The molecule has 2 N–H and O–H groups in total. The number of terminal acetylenes is 1. The van der Waals surface area contributed by atoms with Crippen molar-refractivity contribution in [2.24, 2.45) is 0 Å². The van der Waals surface area contributed by atoms with Crippen molar-refractivity contribution in [1.82, 2.24) is 5.32 Å². The Hall–Kier alpha value is -2.24. The Bertz CT molecular complexity index is 443. The van der Waals surface area contributed by atoms with Crippen LogP contribution in [0.25, 0.3) is 0 Å². The first kappa shape index (κ1) is 19.8. The average molecular weight is 312 g/mol. The van der Waals surface area contributed by atoms with Crippen molar-refractivity contribution in [3.63, 3.8) is 0 Å². The minimum atomic E-state index is -1.15. The average Bonchev–Trinajstić information content (AvgIpc) is 2.52. The molecule has 8 heteroatoms. The lowest BCUT2D eigenvalue weighted by atomic mass is 10.1. The van der Waals surface area contributed by atoms with Crippen LogP contribution in [0.2, 0.25) is 0 Å². The number of carbonyl (C=O) groups excluding carboxylic acids is 3. The van der Waals surface area contributed by atoms with Crippen molar-refractivity contribution < 1.29 is 28.6 Å². The van der Waals surface area contributed by atoms with Crippen molar-refractivity contribution in [3.8, 4) is 12.3 Å². The zero-order valence-corrected chi connectivity index (χ0v) is 12.6. The number of hydrogen-bond donors (Lipinski definition) is 2. The molecule has 22 heavy (non-hydrogen) atoms. The highest BCUT2D eigenvalue weighted by atomic mass is 16.7. The largest absolute Gasteiger partial charge is 0.437 e. The van der Waals surface area contributed by atoms with Crippen LogP contribution in [0.5, 0.6) is 0 Å². The first-order valence-electron chi connectivity index (χ1n) is 6.57. The van der Waals surface area contributed by atoms with Gasteiger partial charge < -0.3 is 24.9 Å². The number of ketones is 1. The van der Waals surface area contributed by atoms with E-state index in [9.17, 15) is 14.4 Å². The summed E-state index contributed by atoms with van der Waals surface area (Å²) in [6, 6.07) is -1.08. The smallest absolute Gasteiger partial charge is 0.330 e. The maximum atomic E-state index is 11.9. The highest BCUT2D eigenvalue weighted by molar-refractivity contribution is 6.26. The third kappa shape index (κ3) is 7.52. The minimum Gasteiger partial charge on any atom is -0.437 e. The van der Waals surface area contributed by atoms with Gasteiger partial charge in [-0.2, -0.15) is 0 Å². The highest BCUT2D eigenvalue weighted by Gasteiger charge is 2.26. The second-order valence-corrected chi connectivity index (χ2v) is 4.07. The van der Waals surface area contributed by atoms with Gasteiger partial charge in [0.15, 0.2) is 18.7 Å². The van der Waals surface area contributed by atoms with Gasteiger partial charge in [0, 0.05) is 20.1 Å². The van der Waals surface area contributed by atoms with Crippen LogP contribution >= 0.6 is 0 Å². The Labute approximate surface area is 129 Å². The van der Waals surface area contributed by atoms with Gasteiger partial charge in [0.05, 0.1) is 6.21 Å². The van der Waals surface area contributed by atoms with Gasteiger partial charge in [-0.1, -0.05) is 5.92 Å². The van der Waals surface area contributed by atoms with E-state index < -0.39 is 29.8 Å². The predicted octanol–water partition coefficient (Wildman–Crippen LogP) is -0.345. The SMILES string of the molecule is C#C[C@H](OC)C(=O)N[C@@H](CCC(=O)C=N)C(=O)OCOCC. The molecule has 0 spiro atoms. The van der Waals surface area contributed by atoms with Gasteiger partial charge in [0.1, 0.15) is 6.04 Å². The molecule has 0 aliphatic heterocycles. The highest BCUT2D eigenvalue weighted by Crippen LogP contribution is 2.03. The second-order valence-electron chi connectivity index (χ2n) is 4.07. The summed E-state index contributed by atoms with van der Waals surface area (Å²) in [5.41, 5.74) is 0. The van der Waals surface area contributed by atoms with E-state index in [1.165, 1.54) is 7.11 Å². The fourth-order valence-corrected chi connectivity index (χ4v) is 1.39. The number of esters is 1. The fraction of sp³-hybridized carbons (Fsp3) is 0.571. The van der Waals surface area contributed by atoms with E-state index in [2.05, 4.69) is 11.2 Å². The molecule has 0 aromatic heterocycles. The first-order valence-corrected chi connectivity index (χ1v) is 6.57. The molecule has 122 valence electrons. The number of carbonyl (C=O) groups is 3. The van der Waals surface area contributed by atoms with Gasteiger partial charge in [-0.25, -0.2) is 4.79 Å². The van der Waals surface area contributed by atoms with Crippen LogP contribution in [0, 0.1) is 17.8 Å². The van der Waals surface area contributed by atoms with Gasteiger partial charge in [0.25, 0.3) is 5.91 Å². The van der Waals surface area contributed by atoms with E-state index in [1.54, 1.807) is 6.92 Å². The minimum absolute atomic E-state index is 0.0219. The van der Waals surface area contributed by atoms with Crippen LogP contribution in [0.3, 0.4) is 0 Å². The molecule has 0 fully saturated rings. The van der Waals surface area contributed by atoms with Crippen LogP contribution in [0.4, 0.5) is 0 Å². The number of rotatable bonds is 11. The standard InChI is InChI=1S/C14H20N2O6/c1-4-12(20-3)13(18)16-11(7-6-10(17)8-15)14(19)22-9-21-5-2/h1,8,11-12,15H,5-7,9H2,2-3H3,(H,16,18)/t11-,12-/m0/s1. The number of hydrogen-bond acceptors (Lipinski definition) is 7. The van der Waals surface area contributed by atoms with E-state index in [4.69, 9.17) is 26.0 Å². The molecule has 0 rings (SSSR count). The summed E-state index contributed by atoms with van der Waals surface area (Å²) in [6.07, 6.45) is 4.50. The quantitative estimate of drug-likeness (QED) is 0.177. The van der Waals surface area contributed by atoms with E-state index in [0.29, 0.717) is 12.8 Å². The van der Waals surface area contributed by atoms with Crippen LogP contribution in [0.1, 0.15) is 19.8 Å². The molecule has 0 saturated heterocycles. The van der Waals surface area contributed by atoms with E-state index in [1.807, 2.05) is 0 Å². The Morgan fingerprint density at radius 1 is 1.41 bits per heavy atom. The van der Waals surface area contributed by atoms with Gasteiger partial charge in [0.2, 0.25) is 0 Å². The van der Waals surface area contributed by atoms with Crippen molar-refractivity contribution in [2.75, 3.05) is 20.5 Å². The van der Waals surface area contributed by atoms with E-state index in [0.717, 1.165) is 0 Å². The summed E-state index contributed by atoms with van der Waals surface area (Å²) in [4.78, 5) is 34.8. The number of nitrogens with one attached hydrogen (secondary N) is 2. The Morgan fingerprint density at radius 2 is 2.09 bits per heavy atom. The number of amides is 1. The third-order valence-electron chi connectivity index (χ3n) is 2.56. The zero-order valence-electron chi connectivity index (χ0n) is 12.6. The lowest BCUT2D eigenvalue weighted by Gasteiger charge is -2.18. The molecule has 0 aromatic carbocycles. The molecule has 0 radical (unpaired) electrons. The van der Waals surface area contributed by atoms with Crippen molar-refractivity contribution in [3.05, 3.63) is 0 Å². The van der Waals surface area contributed by atoms with Crippen molar-refractivity contribution >= 4 is 23.9 Å². The van der Waals surface area contributed by atoms with Gasteiger partial charge in [-0.05, 0) is 13.3 Å². The van der Waals surface area contributed by atoms with Crippen LogP contribution in [-0.4, -0.2) is 56.5 Å². The molecular weight excluding hydrogens is 292 g/mol. The summed E-state index contributed by atoms with van der Waals surface area (Å²) in [5.74, 6) is 0.188. The molecule has 0 aromatic rings. The molecule has 0 heterocycles. The van der Waals surface area contributed by atoms with E-state index in [-0.39, 0.29) is 19.6 Å². The molecule has 1 amide bonds. The maximum Gasteiger partial charge on any atom is 0.330 e. The van der Waals surface area contributed by atoms with Gasteiger partial charge in [-0.15, -0.1) is 6.42 Å². The maximum absolute atomic E-state index is 11.9. The molecule has 0 aliphatic rings. The second kappa shape index (κ2) is 11.4. The number of methoxy groups -OCH3 is 1. The topological polar surface area (TPSA) is 115 Å². The number of Topliss-reactive ketones (excluding diaryl/α,β-unsaturated/α-hetero) is 1. The molecule has 0 bridgehead atoms. The summed E-state index contributed by atoms with van der Waals surface area (Å²) in [6.45, 7) is 1.83. The predicted molar refractivity (Wildman–Crippen MR) is 77.2 cm³/mol. The lowest BCUT2D eigenvalue weighted by Crippen LogP contribution is -2.46. The Balaban J connectivity index is 4.73. The van der Waals surface area contributed by atoms with Gasteiger partial charge in [-0.3, -0.25) is 9.59 Å². The monoisotopic (exact) mass is 312 g/mol. The number of ether oxygens (including phenoxy) is 3. The molecule has 8 nitrogen and oxygen atoms in total. The lowest BCUT2D eigenvalue weighted by molar-refractivity contribution is -0.160. The zero-order chi connectivity index (χ0) is 17.0. The van der Waals surface area contributed by atoms with Crippen LogP contribution in [-0.2, 0) is 28.6 Å². The normalized spacial score (nSPS) is 12.6. The van der Waals surface area contributed by atoms with E-state index >= 15 is 0 Å². The third-order valence-corrected chi connectivity index (χ3v) is 2.56.